The summed E-state index contributed by atoms with van der Waals surface area (Å²) in [7, 11) is 0. The van der Waals surface area contributed by atoms with E-state index in [0.717, 1.165) is 83.5 Å². The van der Waals surface area contributed by atoms with Gasteiger partial charge in [-0.3, -0.25) is 0 Å². The van der Waals surface area contributed by atoms with Gasteiger partial charge in [0.1, 0.15) is 11.2 Å². The number of nitrogens with zero attached hydrogens (tertiary/aromatic N) is 3. The van der Waals surface area contributed by atoms with Crippen LogP contribution in [0.1, 0.15) is 0 Å². The topological polar surface area (TPSA) is 43.9 Å². The Kier molecular flexibility index (Phi) is 7.46. The van der Waals surface area contributed by atoms with Crippen molar-refractivity contribution in [3.63, 3.8) is 0 Å². The summed E-state index contributed by atoms with van der Waals surface area (Å²) in [6.45, 7) is 0. The molecule has 262 valence electrons. The Labute approximate surface area is 323 Å². The zero-order chi connectivity index (χ0) is 37.0. The molecule has 0 fully saturated rings. The Morgan fingerprint density at radius 3 is 1.64 bits per heavy atom. The van der Waals surface area contributed by atoms with Gasteiger partial charge in [-0.25, -0.2) is 9.97 Å². The van der Waals surface area contributed by atoms with Gasteiger partial charge in [-0.05, 0) is 82.9 Å². The van der Waals surface area contributed by atoms with Gasteiger partial charge in [0.05, 0.1) is 22.4 Å². The number of fused-ring (bicyclic) bond motifs is 6. The Morgan fingerprint density at radius 2 is 0.875 bits per heavy atom. The van der Waals surface area contributed by atoms with Crippen molar-refractivity contribution >= 4 is 43.7 Å². The molecule has 0 unspecified atom stereocenters. The third-order valence-corrected chi connectivity index (χ3v) is 10.8. The number of rotatable bonds is 6. The smallest absolute Gasteiger partial charge is 0.160 e. The quantitative estimate of drug-likeness (QED) is 0.172. The van der Waals surface area contributed by atoms with Crippen molar-refractivity contribution < 1.29 is 4.42 Å². The van der Waals surface area contributed by atoms with Crippen LogP contribution in [0.5, 0.6) is 0 Å². The third-order valence-electron chi connectivity index (χ3n) is 10.8. The summed E-state index contributed by atoms with van der Waals surface area (Å²) in [5, 5.41) is 4.70. The first-order valence-electron chi connectivity index (χ1n) is 18.9. The molecular weight excluding hydrogens is 683 g/mol. The van der Waals surface area contributed by atoms with Crippen molar-refractivity contribution in [2.75, 3.05) is 0 Å². The van der Waals surface area contributed by atoms with Gasteiger partial charge >= 0.3 is 0 Å². The molecule has 0 N–H and O–H groups in total. The zero-order valence-corrected chi connectivity index (χ0v) is 30.3. The monoisotopic (exact) mass is 715 g/mol. The highest BCUT2D eigenvalue weighted by molar-refractivity contribution is 6.10. The summed E-state index contributed by atoms with van der Waals surface area (Å²) in [6, 6.07) is 70.3. The van der Waals surface area contributed by atoms with E-state index in [2.05, 4.69) is 156 Å². The standard InChI is InChI=1S/C52H33N3O/c1-3-12-35(13-4-1)46-33-47(36-14-5-2-6-15-36)54-52(53-46)40-17-11-16-37(30-40)38-25-29-49-45(31-38)42-18-7-9-20-48(42)55(49)41-26-22-34(23-27-41)39-24-28-44-43-19-8-10-21-50(43)56-51(44)32-39/h1-33H. The molecule has 8 aromatic carbocycles. The van der Waals surface area contributed by atoms with Crippen LogP contribution < -0.4 is 0 Å². The molecule has 0 aliphatic heterocycles. The van der Waals surface area contributed by atoms with Gasteiger partial charge in [-0.15, -0.1) is 0 Å². The highest BCUT2D eigenvalue weighted by Crippen LogP contribution is 2.37. The van der Waals surface area contributed by atoms with Gasteiger partial charge in [0.15, 0.2) is 5.82 Å². The Hall–Kier alpha value is -7.56. The second-order valence-corrected chi connectivity index (χ2v) is 14.2. The number of furan rings is 1. The highest BCUT2D eigenvalue weighted by atomic mass is 16.3. The molecule has 56 heavy (non-hydrogen) atoms. The van der Waals surface area contributed by atoms with E-state index in [9.17, 15) is 0 Å². The molecule has 11 rings (SSSR count). The van der Waals surface area contributed by atoms with Crippen LogP contribution in [0.15, 0.2) is 205 Å². The summed E-state index contributed by atoms with van der Waals surface area (Å²) in [5.74, 6) is 0.700. The molecule has 0 aliphatic rings. The lowest BCUT2D eigenvalue weighted by atomic mass is 10.00. The van der Waals surface area contributed by atoms with E-state index in [-0.39, 0.29) is 0 Å². The van der Waals surface area contributed by atoms with Crippen LogP contribution >= 0.6 is 0 Å². The average Bonchev–Trinajstić information content (AvgIpc) is 3.82. The summed E-state index contributed by atoms with van der Waals surface area (Å²) in [4.78, 5) is 10.2. The first-order chi connectivity index (χ1) is 27.7. The molecule has 0 saturated carbocycles. The van der Waals surface area contributed by atoms with Crippen molar-refractivity contribution in [1.29, 1.82) is 0 Å². The van der Waals surface area contributed by atoms with Crippen molar-refractivity contribution in [2.45, 2.75) is 0 Å². The molecule has 0 saturated heterocycles. The van der Waals surface area contributed by atoms with Crippen LogP contribution in [0.25, 0.3) is 106 Å². The fourth-order valence-corrected chi connectivity index (χ4v) is 8.07. The van der Waals surface area contributed by atoms with Crippen molar-refractivity contribution in [3.8, 4) is 61.8 Å². The molecule has 0 radical (unpaired) electrons. The van der Waals surface area contributed by atoms with Crippen LogP contribution in [-0.4, -0.2) is 14.5 Å². The number of benzene rings is 8. The lowest BCUT2D eigenvalue weighted by Crippen LogP contribution is -1.96. The van der Waals surface area contributed by atoms with Crippen LogP contribution in [0.4, 0.5) is 0 Å². The van der Waals surface area contributed by atoms with Gasteiger partial charge < -0.3 is 8.98 Å². The van der Waals surface area contributed by atoms with Crippen molar-refractivity contribution in [2.24, 2.45) is 0 Å². The first kappa shape index (κ1) is 31.9. The van der Waals surface area contributed by atoms with Gasteiger partial charge in [0, 0.05) is 43.9 Å². The molecular formula is C52H33N3O. The lowest BCUT2D eigenvalue weighted by Gasteiger charge is -2.11. The molecule has 4 heteroatoms. The third kappa shape index (κ3) is 5.47. The largest absolute Gasteiger partial charge is 0.456 e. The fourth-order valence-electron chi connectivity index (χ4n) is 8.07. The maximum Gasteiger partial charge on any atom is 0.160 e. The zero-order valence-electron chi connectivity index (χ0n) is 30.3. The lowest BCUT2D eigenvalue weighted by molar-refractivity contribution is 0.669. The van der Waals surface area contributed by atoms with E-state index >= 15 is 0 Å². The molecule has 3 aromatic heterocycles. The van der Waals surface area contributed by atoms with Crippen molar-refractivity contribution in [1.82, 2.24) is 14.5 Å². The summed E-state index contributed by atoms with van der Waals surface area (Å²) in [6.07, 6.45) is 0. The molecule has 3 heterocycles. The Morgan fingerprint density at radius 1 is 0.321 bits per heavy atom. The van der Waals surface area contributed by atoms with Gasteiger partial charge in [0.25, 0.3) is 0 Å². The maximum atomic E-state index is 6.20. The van der Waals surface area contributed by atoms with E-state index in [4.69, 9.17) is 14.4 Å². The minimum absolute atomic E-state index is 0.700. The van der Waals surface area contributed by atoms with E-state index in [1.54, 1.807) is 0 Å². The van der Waals surface area contributed by atoms with Crippen LogP contribution in [-0.2, 0) is 0 Å². The van der Waals surface area contributed by atoms with E-state index in [0.29, 0.717) is 5.82 Å². The fraction of sp³-hybridized carbons (Fsp3) is 0. The minimum Gasteiger partial charge on any atom is -0.456 e. The predicted octanol–water partition coefficient (Wildman–Crippen LogP) is 13.8. The van der Waals surface area contributed by atoms with Gasteiger partial charge in [-0.2, -0.15) is 0 Å². The number of aromatic nitrogens is 3. The Balaban J connectivity index is 0.973. The van der Waals surface area contributed by atoms with E-state index in [1.807, 2.05) is 48.5 Å². The Bertz CT molecular complexity index is 3170. The number of para-hydroxylation sites is 2. The summed E-state index contributed by atoms with van der Waals surface area (Å²) < 4.78 is 8.56. The molecule has 0 bridgehead atoms. The average molecular weight is 716 g/mol. The van der Waals surface area contributed by atoms with Gasteiger partial charge in [0.2, 0.25) is 0 Å². The normalized spacial score (nSPS) is 11.6. The highest BCUT2D eigenvalue weighted by Gasteiger charge is 2.16. The summed E-state index contributed by atoms with van der Waals surface area (Å²) >= 11 is 0. The predicted molar refractivity (Wildman–Crippen MR) is 231 cm³/mol. The molecule has 11 aromatic rings. The molecule has 0 amide bonds. The number of hydrogen-bond acceptors (Lipinski definition) is 3. The van der Waals surface area contributed by atoms with Crippen molar-refractivity contribution in [3.05, 3.63) is 200 Å². The molecule has 4 nitrogen and oxygen atoms in total. The minimum atomic E-state index is 0.700. The van der Waals surface area contributed by atoms with Gasteiger partial charge in [-0.1, -0.05) is 140 Å². The second kappa shape index (κ2) is 13.1. The molecule has 0 atom stereocenters. The molecule has 0 spiro atoms. The number of hydrogen-bond donors (Lipinski definition) is 0. The second-order valence-electron chi connectivity index (χ2n) is 14.2. The first-order valence-corrected chi connectivity index (χ1v) is 18.9. The molecule has 0 aliphatic carbocycles. The van der Waals surface area contributed by atoms with Crippen LogP contribution in [0.2, 0.25) is 0 Å². The van der Waals surface area contributed by atoms with Crippen LogP contribution in [0, 0.1) is 0 Å². The SMILES string of the molecule is c1ccc(-c2cc(-c3ccccc3)nc(-c3cccc(-c4ccc5c(c4)c4ccccc4n5-c4ccc(-c5ccc6c(c5)oc5ccccc56)cc4)c3)n2)cc1. The summed E-state index contributed by atoms with van der Waals surface area (Å²) in [5.41, 5.74) is 14.7. The van der Waals surface area contributed by atoms with E-state index in [1.165, 1.54) is 16.3 Å². The maximum absolute atomic E-state index is 6.20. The van der Waals surface area contributed by atoms with E-state index < -0.39 is 0 Å². The van der Waals surface area contributed by atoms with Crippen LogP contribution in [0.3, 0.4) is 0 Å².